The summed E-state index contributed by atoms with van der Waals surface area (Å²) in [5.74, 6) is 0. The van der Waals surface area contributed by atoms with Crippen LogP contribution in [0, 0.1) is 13.8 Å². The van der Waals surface area contributed by atoms with E-state index in [4.69, 9.17) is 0 Å². The van der Waals surface area contributed by atoms with Gasteiger partial charge in [0, 0.05) is 16.7 Å². The van der Waals surface area contributed by atoms with Gasteiger partial charge in [-0.15, -0.1) is 0 Å². The molecule has 0 bridgehead atoms. The molecular weight excluding hydrogens is 194 g/mol. The molecule has 1 nitrogen and oxygen atoms in total. The lowest BCUT2D eigenvalue weighted by Crippen LogP contribution is -2.02. The quantitative estimate of drug-likeness (QED) is 0.681. The van der Waals surface area contributed by atoms with Gasteiger partial charge in [0.2, 0.25) is 0 Å². The van der Waals surface area contributed by atoms with Gasteiger partial charge < -0.3 is 4.98 Å². The molecule has 0 radical (unpaired) electrons. The normalized spacial score (nSPS) is 18.6. The van der Waals surface area contributed by atoms with E-state index in [1.165, 1.54) is 35.4 Å². The smallest absolute Gasteiger partial charge is 0.0500 e. The Morgan fingerprint density at radius 2 is 1.88 bits per heavy atom. The van der Waals surface area contributed by atoms with Crippen LogP contribution < -0.4 is 0 Å². The van der Waals surface area contributed by atoms with Crippen molar-refractivity contribution in [2.24, 2.45) is 0 Å². The molecule has 1 heteroatoms. The molecule has 1 saturated carbocycles. The molecule has 0 saturated heterocycles. The van der Waals surface area contributed by atoms with Crippen LogP contribution in [0.4, 0.5) is 0 Å². The third-order valence-corrected chi connectivity index (χ3v) is 4.18. The van der Waals surface area contributed by atoms with Gasteiger partial charge in [0.1, 0.15) is 0 Å². The topological polar surface area (TPSA) is 15.8 Å². The molecule has 80 valence electrons. The van der Waals surface area contributed by atoms with Gasteiger partial charge >= 0.3 is 0 Å². The molecule has 1 spiro atoms. The summed E-state index contributed by atoms with van der Waals surface area (Å²) >= 11 is 0. The molecule has 0 atom stereocenters. The molecule has 1 heterocycles. The minimum atomic E-state index is 0.390. The highest BCUT2D eigenvalue weighted by molar-refractivity contribution is 5.81. The molecule has 0 unspecified atom stereocenters. The summed E-state index contributed by atoms with van der Waals surface area (Å²) in [6.45, 7) is 4.34. The van der Waals surface area contributed by atoms with Crippen molar-refractivity contribution in [3.8, 4) is 11.3 Å². The Bertz CT molecular complexity index is 600. The van der Waals surface area contributed by atoms with Crippen molar-refractivity contribution in [2.75, 3.05) is 0 Å². The summed E-state index contributed by atoms with van der Waals surface area (Å²) < 4.78 is 0. The molecule has 1 aromatic carbocycles. The van der Waals surface area contributed by atoms with Crippen molar-refractivity contribution in [3.63, 3.8) is 0 Å². The first-order chi connectivity index (χ1) is 7.71. The van der Waals surface area contributed by atoms with Gasteiger partial charge in [-0.05, 0) is 43.9 Å². The number of aromatic nitrogens is 1. The van der Waals surface area contributed by atoms with Crippen LogP contribution >= 0.6 is 0 Å². The molecule has 4 rings (SSSR count). The Kier molecular flexibility index (Phi) is 1.31. The van der Waals surface area contributed by atoms with E-state index >= 15 is 0 Å². The second kappa shape index (κ2) is 2.42. The van der Waals surface area contributed by atoms with E-state index in [-0.39, 0.29) is 0 Å². The van der Waals surface area contributed by atoms with Crippen LogP contribution in [0.25, 0.3) is 11.3 Å². The van der Waals surface area contributed by atoms with E-state index < -0.39 is 0 Å². The first-order valence-electron chi connectivity index (χ1n) is 6.02. The average Bonchev–Trinajstić information content (AvgIpc) is 2.91. The van der Waals surface area contributed by atoms with E-state index in [9.17, 15) is 0 Å². The molecule has 2 aliphatic rings. The second-order valence-electron chi connectivity index (χ2n) is 5.37. The van der Waals surface area contributed by atoms with Crippen molar-refractivity contribution < 1.29 is 0 Å². The summed E-state index contributed by atoms with van der Waals surface area (Å²) in [7, 11) is 0. The van der Waals surface area contributed by atoms with Crippen LogP contribution in [-0.2, 0) is 5.41 Å². The van der Waals surface area contributed by atoms with Crippen molar-refractivity contribution >= 4 is 0 Å². The Labute approximate surface area is 95.5 Å². The van der Waals surface area contributed by atoms with Gasteiger partial charge in [0.15, 0.2) is 0 Å². The fraction of sp³-hybridized carbons (Fsp3) is 0.333. The van der Waals surface area contributed by atoms with Gasteiger partial charge in [-0.25, -0.2) is 0 Å². The molecule has 16 heavy (non-hydrogen) atoms. The summed E-state index contributed by atoms with van der Waals surface area (Å²) in [5, 5.41) is 0. The van der Waals surface area contributed by atoms with Crippen LogP contribution in [0.1, 0.15) is 35.2 Å². The molecule has 0 amide bonds. The van der Waals surface area contributed by atoms with Crippen LogP contribution in [0.3, 0.4) is 0 Å². The largest absolute Gasteiger partial charge is 0.358 e. The fourth-order valence-electron chi connectivity index (χ4n) is 3.26. The third-order valence-electron chi connectivity index (χ3n) is 4.18. The van der Waals surface area contributed by atoms with E-state index in [1.54, 1.807) is 11.1 Å². The van der Waals surface area contributed by atoms with Gasteiger partial charge in [-0.1, -0.05) is 23.8 Å². The molecule has 1 aromatic heterocycles. The lowest BCUT2D eigenvalue weighted by Gasteiger charge is -2.10. The van der Waals surface area contributed by atoms with Gasteiger partial charge in [0.25, 0.3) is 0 Å². The second-order valence-corrected chi connectivity index (χ2v) is 5.37. The predicted molar refractivity (Wildman–Crippen MR) is 65.7 cm³/mol. The van der Waals surface area contributed by atoms with Crippen molar-refractivity contribution in [2.45, 2.75) is 32.1 Å². The number of aromatic amines is 1. The maximum absolute atomic E-state index is 3.53. The minimum Gasteiger partial charge on any atom is -0.358 e. The molecule has 0 aliphatic heterocycles. The fourth-order valence-corrected chi connectivity index (χ4v) is 3.26. The van der Waals surface area contributed by atoms with Crippen LogP contribution in [-0.4, -0.2) is 4.98 Å². The van der Waals surface area contributed by atoms with Crippen molar-refractivity contribution in [1.29, 1.82) is 0 Å². The lowest BCUT2D eigenvalue weighted by atomic mass is 9.93. The minimum absolute atomic E-state index is 0.390. The SMILES string of the molecule is Cc1ccc2c(c1)C1(CC1)c1cc(C)[nH]c1-2. The monoisotopic (exact) mass is 209 g/mol. The summed E-state index contributed by atoms with van der Waals surface area (Å²) in [6, 6.07) is 9.23. The van der Waals surface area contributed by atoms with E-state index in [0.29, 0.717) is 5.41 Å². The summed E-state index contributed by atoms with van der Waals surface area (Å²) in [6.07, 6.45) is 2.65. The molecule has 2 aliphatic carbocycles. The van der Waals surface area contributed by atoms with E-state index in [1.807, 2.05) is 0 Å². The van der Waals surface area contributed by atoms with Crippen LogP contribution in [0.2, 0.25) is 0 Å². The number of hydrogen-bond donors (Lipinski definition) is 1. The lowest BCUT2D eigenvalue weighted by molar-refractivity contribution is 0.879. The number of aryl methyl sites for hydroxylation is 2. The molecular formula is C15H15N. The van der Waals surface area contributed by atoms with Gasteiger partial charge in [-0.3, -0.25) is 0 Å². The number of nitrogens with one attached hydrogen (secondary N) is 1. The number of benzene rings is 1. The highest BCUT2D eigenvalue weighted by Crippen LogP contribution is 2.62. The number of H-pyrrole nitrogens is 1. The molecule has 1 N–H and O–H groups in total. The zero-order valence-corrected chi connectivity index (χ0v) is 9.72. The summed E-state index contributed by atoms with van der Waals surface area (Å²) in [5.41, 5.74) is 8.99. The highest BCUT2D eigenvalue weighted by Gasteiger charge is 2.53. The third kappa shape index (κ3) is 0.835. The number of fused-ring (bicyclic) bond motifs is 5. The van der Waals surface area contributed by atoms with Crippen LogP contribution in [0.5, 0.6) is 0 Å². The van der Waals surface area contributed by atoms with Crippen molar-refractivity contribution in [3.05, 3.63) is 46.6 Å². The van der Waals surface area contributed by atoms with Gasteiger partial charge in [-0.2, -0.15) is 0 Å². The Hall–Kier alpha value is -1.50. The van der Waals surface area contributed by atoms with Crippen molar-refractivity contribution in [1.82, 2.24) is 4.98 Å². The van der Waals surface area contributed by atoms with Crippen LogP contribution in [0.15, 0.2) is 24.3 Å². The maximum atomic E-state index is 3.53. The standard InChI is InChI=1S/C15H15N/c1-9-3-4-11-12(7-9)15(5-6-15)13-8-10(2)16-14(11)13/h3-4,7-8,16H,5-6H2,1-2H3. The van der Waals surface area contributed by atoms with E-state index in [0.717, 1.165) is 0 Å². The maximum Gasteiger partial charge on any atom is 0.0500 e. The van der Waals surface area contributed by atoms with E-state index in [2.05, 4.69) is 43.1 Å². The first kappa shape index (κ1) is 8.63. The zero-order chi connectivity index (χ0) is 10.9. The summed E-state index contributed by atoms with van der Waals surface area (Å²) in [4.78, 5) is 3.53. The molecule has 1 fully saturated rings. The zero-order valence-electron chi connectivity index (χ0n) is 9.72. The predicted octanol–water partition coefficient (Wildman–Crippen LogP) is 3.69. The number of rotatable bonds is 0. The highest BCUT2D eigenvalue weighted by atomic mass is 14.8. The van der Waals surface area contributed by atoms with Gasteiger partial charge in [0.05, 0.1) is 5.69 Å². The number of hydrogen-bond acceptors (Lipinski definition) is 0. The Balaban J connectivity index is 2.10. The molecule has 2 aromatic rings. The average molecular weight is 209 g/mol. The first-order valence-corrected chi connectivity index (χ1v) is 6.02. The Morgan fingerprint density at radius 1 is 1.06 bits per heavy atom. The Morgan fingerprint density at radius 3 is 2.62 bits per heavy atom.